The summed E-state index contributed by atoms with van der Waals surface area (Å²) in [6, 6.07) is 9.11. The van der Waals surface area contributed by atoms with Crippen molar-refractivity contribution in [2.24, 2.45) is 5.73 Å². The molecule has 18 heavy (non-hydrogen) atoms. The Kier molecular flexibility index (Phi) is 5.31. The quantitative estimate of drug-likeness (QED) is 0.881. The van der Waals surface area contributed by atoms with Gasteiger partial charge in [0, 0.05) is 13.0 Å². The number of benzene rings is 1. The molecule has 1 aromatic carbocycles. The lowest BCUT2D eigenvalue weighted by Crippen LogP contribution is -2.43. The summed E-state index contributed by atoms with van der Waals surface area (Å²) in [6.07, 6.45) is 0.980. The molecular weight excluding hydrogens is 252 g/mol. The van der Waals surface area contributed by atoms with Gasteiger partial charge in [-0.15, -0.1) is 12.4 Å². The molecule has 1 aliphatic heterocycles. The Morgan fingerprint density at radius 2 is 2.00 bits per heavy atom. The van der Waals surface area contributed by atoms with E-state index in [2.05, 4.69) is 0 Å². The number of halogens is 1. The van der Waals surface area contributed by atoms with Crippen molar-refractivity contribution in [3.8, 4) is 0 Å². The molecule has 5 heteroatoms. The fourth-order valence-electron chi connectivity index (χ4n) is 2.01. The molecule has 2 N–H and O–H groups in total. The Bertz CT molecular complexity index is 422. The van der Waals surface area contributed by atoms with Gasteiger partial charge in [0.2, 0.25) is 5.91 Å². The van der Waals surface area contributed by atoms with Crippen LogP contribution in [-0.2, 0) is 16.0 Å². The van der Waals surface area contributed by atoms with Crippen molar-refractivity contribution in [1.29, 1.82) is 0 Å². The van der Waals surface area contributed by atoms with Gasteiger partial charge in [0.05, 0.1) is 12.6 Å². The molecule has 0 spiro atoms. The monoisotopic (exact) mass is 268 g/mol. The van der Waals surface area contributed by atoms with Crippen LogP contribution in [0.4, 0.5) is 0 Å². The van der Waals surface area contributed by atoms with E-state index in [9.17, 15) is 9.59 Å². The van der Waals surface area contributed by atoms with Crippen molar-refractivity contribution >= 4 is 24.1 Å². The van der Waals surface area contributed by atoms with Crippen molar-refractivity contribution in [2.45, 2.75) is 18.9 Å². The zero-order valence-electron chi connectivity index (χ0n) is 10.0. The number of carbonyl (C=O) groups is 2. The van der Waals surface area contributed by atoms with Gasteiger partial charge in [-0.2, -0.15) is 0 Å². The van der Waals surface area contributed by atoms with E-state index in [1.807, 2.05) is 30.3 Å². The van der Waals surface area contributed by atoms with Crippen molar-refractivity contribution in [1.82, 2.24) is 4.90 Å². The van der Waals surface area contributed by atoms with Crippen LogP contribution in [0.3, 0.4) is 0 Å². The number of amides is 1. The topological polar surface area (TPSA) is 63.4 Å². The lowest BCUT2D eigenvalue weighted by atomic mass is 10.1. The zero-order chi connectivity index (χ0) is 12.3. The highest BCUT2D eigenvalue weighted by Gasteiger charge is 2.27. The number of hydrogen-bond donors (Lipinski definition) is 1. The molecule has 0 unspecified atom stereocenters. The number of nitrogens with two attached hydrogens (primary N) is 1. The molecule has 1 atom stereocenters. The normalized spacial score (nSPS) is 16.3. The number of Topliss-reactive ketones (excluding diaryl/α,β-unsaturated/α-hetero) is 1. The molecule has 1 heterocycles. The van der Waals surface area contributed by atoms with Gasteiger partial charge in [0.25, 0.3) is 0 Å². The van der Waals surface area contributed by atoms with Crippen molar-refractivity contribution < 1.29 is 9.59 Å². The summed E-state index contributed by atoms with van der Waals surface area (Å²) in [5.74, 6) is -0.00929. The zero-order valence-corrected chi connectivity index (χ0v) is 10.9. The molecule has 0 radical (unpaired) electrons. The Morgan fingerprint density at radius 1 is 1.33 bits per heavy atom. The minimum Gasteiger partial charge on any atom is -0.334 e. The van der Waals surface area contributed by atoms with Gasteiger partial charge in [-0.25, -0.2) is 0 Å². The molecule has 98 valence electrons. The molecule has 1 aliphatic rings. The first-order chi connectivity index (χ1) is 8.16. The Balaban J connectivity index is 0.00000162. The maximum absolute atomic E-state index is 11.9. The standard InChI is InChI=1S/C13H16N2O2.ClH/c14-12(8-10-4-2-1-3-5-10)13(17)15-7-6-11(16)9-15;/h1-5,12H,6-9,14H2;1H/t12-;/m0./s1. The minimum absolute atomic E-state index is 0. The first kappa shape index (κ1) is 14.7. The van der Waals surface area contributed by atoms with E-state index in [1.54, 1.807) is 4.90 Å². The average molecular weight is 269 g/mol. The molecule has 1 fully saturated rings. The predicted molar refractivity (Wildman–Crippen MR) is 71.6 cm³/mol. The third-order valence-electron chi connectivity index (χ3n) is 2.96. The fourth-order valence-corrected chi connectivity index (χ4v) is 2.01. The summed E-state index contributed by atoms with van der Waals surface area (Å²) in [5.41, 5.74) is 6.91. The van der Waals surface area contributed by atoms with Crippen LogP contribution in [0.15, 0.2) is 30.3 Å². The number of nitrogens with zero attached hydrogens (tertiary/aromatic N) is 1. The van der Waals surface area contributed by atoms with Gasteiger partial charge in [-0.1, -0.05) is 30.3 Å². The Hall–Kier alpha value is -1.39. The largest absolute Gasteiger partial charge is 0.334 e. The number of carbonyl (C=O) groups excluding carboxylic acids is 2. The maximum atomic E-state index is 11.9. The smallest absolute Gasteiger partial charge is 0.240 e. The molecule has 1 aromatic rings. The van der Waals surface area contributed by atoms with Gasteiger partial charge >= 0.3 is 0 Å². The van der Waals surface area contributed by atoms with Crippen molar-refractivity contribution in [3.63, 3.8) is 0 Å². The highest BCUT2D eigenvalue weighted by Crippen LogP contribution is 2.09. The lowest BCUT2D eigenvalue weighted by molar-refractivity contribution is -0.132. The summed E-state index contributed by atoms with van der Waals surface area (Å²) in [4.78, 5) is 24.6. The van der Waals surface area contributed by atoms with E-state index < -0.39 is 6.04 Å². The molecular formula is C13H17ClN2O2. The van der Waals surface area contributed by atoms with Crippen LogP contribution < -0.4 is 5.73 Å². The predicted octanol–water partition coefficient (Wildman–Crippen LogP) is 0.780. The van der Waals surface area contributed by atoms with Gasteiger partial charge in [0.1, 0.15) is 0 Å². The van der Waals surface area contributed by atoms with Crippen LogP contribution in [-0.4, -0.2) is 35.7 Å². The first-order valence-corrected chi connectivity index (χ1v) is 5.77. The highest BCUT2D eigenvalue weighted by atomic mass is 35.5. The van der Waals surface area contributed by atoms with E-state index in [-0.39, 0.29) is 30.6 Å². The van der Waals surface area contributed by atoms with Crippen molar-refractivity contribution in [3.05, 3.63) is 35.9 Å². The van der Waals surface area contributed by atoms with Crippen LogP contribution in [0, 0.1) is 0 Å². The molecule has 4 nitrogen and oxygen atoms in total. The third kappa shape index (κ3) is 3.55. The van der Waals surface area contributed by atoms with Gasteiger partial charge in [-0.3, -0.25) is 9.59 Å². The number of ketones is 1. The number of likely N-dealkylation sites (tertiary alicyclic amines) is 1. The van der Waals surface area contributed by atoms with E-state index >= 15 is 0 Å². The van der Waals surface area contributed by atoms with E-state index in [4.69, 9.17) is 5.73 Å². The molecule has 0 bridgehead atoms. The summed E-state index contributed by atoms with van der Waals surface area (Å²) >= 11 is 0. The molecule has 1 saturated heterocycles. The van der Waals surface area contributed by atoms with E-state index in [0.29, 0.717) is 19.4 Å². The second kappa shape index (κ2) is 6.52. The molecule has 0 aliphatic carbocycles. The summed E-state index contributed by atoms with van der Waals surface area (Å²) < 4.78 is 0. The van der Waals surface area contributed by atoms with Crippen molar-refractivity contribution in [2.75, 3.05) is 13.1 Å². The Labute approximate surface area is 113 Å². The van der Waals surface area contributed by atoms with Crippen LogP contribution in [0.1, 0.15) is 12.0 Å². The van der Waals surface area contributed by atoms with Crippen LogP contribution >= 0.6 is 12.4 Å². The highest BCUT2D eigenvalue weighted by molar-refractivity contribution is 5.91. The van der Waals surface area contributed by atoms with E-state index in [1.165, 1.54) is 0 Å². The maximum Gasteiger partial charge on any atom is 0.240 e. The third-order valence-corrected chi connectivity index (χ3v) is 2.96. The Morgan fingerprint density at radius 3 is 2.56 bits per heavy atom. The molecule has 0 saturated carbocycles. The molecule has 2 rings (SSSR count). The van der Waals surface area contributed by atoms with Gasteiger partial charge in [0.15, 0.2) is 5.78 Å². The first-order valence-electron chi connectivity index (χ1n) is 5.77. The molecule has 0 aromatic heterocycles. The minimum atomic E-state index is -0.553. The SMILES string of the molecule is Cl.N[C@@H](Cc1ccccc1)C(=O)N1CCC(=O)C1. The van der Waals surface area contributed by atoms with Crippen LogP contribution in [0.5, 0.6) is 0 Å². The average Bonchev–Trinajstić information content (AvgIpc) is 2.76. The summed E-state index contributed by atoms with van der Waals surface area (Å²) in [6.45, 7) is 0.738. The fraction of sp³-hybridized carbons (Fsp3) is 0.385. The molecule has 1 amide bonds. The van der Waals surface area contributed by atoms with Gasteiger partial charge < -0.3 is 10.6 Å². The van der Waals surface area contributed by atoms with Gasteiger partial charge in [-0.05, 0) is 12.0 Å². The lowest BCUT2D eigenvalue weighted by Gasteiger charge is -2.19. The van der Waals surface area contributed by atoms with E-state index in [0.717, 1.165) is 5.56 Å². The number of rotatable bonds is 3. The van der Waals surface area contributed by atoms with Crippen LogP contribution in [0.25, 0.3) is 0 Å². The second-order valence-electron chi connectivity index (χ2n) is 4.34. The summed E-state index contributed by atoms with van der Waals surface area (Å²) in [7, 11) is 0. The number of hydrogen-bond acceptors (Lipinski definition) is 3. The van der Waals surface area contributed by atoms with Crippen LogP contribution in [0.2, 0.25) is 0 Å². The summed E-state index contributed by atoms with van der Waals surface area (Å²) in [5, 5.41) is 0. The second-order valence-corrected chi connectivity index (χ2v) is 4.34.